The molecule has 19 heavy (non-hydrogen) atoms. The van der Waals surface area contributed by atoms with E-state index in [9.17, 15) is 4.79 Å². The number of fused-ring (bicyclic) bond motifs is 1. The van der Waals surface area contributed by atoms with E-state index in [0.717, 1.165) is 24.2 Å². The molecule has 1 aliphatic heterocycles. The molecule has 1 saturated carbocycles. The van der Waals surface area contributed by atoms with Crippen molar-refractivity contribution in [3.8, 4) is 5.75 Å². The highest BCUT2D eigenvalue weighted by molar-refractivity contribution is 6.21. The van der Waals surface area contributed by atoms with Gasteiger partial charge in [0.25, 0.3) is 5.91 Å². The first kappa shape index (κ1) is 12.8. The normalized spacial score (nSPS) is 28.8. The monoisotopic (exact) mass is 279 g/mol. The van der Waals surface area contributed by atoms with Crippen LogP contribution < -0.4 is 10.1 Å². The highest BCUT2D eigenvalue weighted by Crippen LogP contribution is 2.30. The third kappa shape index (κ3) is 2.71. The number of carbonyl (C=O) groups is 1. The predicted octanol–water partition coefficient (Wildman–Crippen LogP) is 2.51. The van der Waals surface area contributed by atoms with Crippen LogP contribution in [0.1, 0.15) is 24.8 Å². The summed E-state index contributed by atoms with van der Waals surface area (Å²) in [6, 6.07) is 7.82. The fraction of sp³-hybridized carbons (Fsp3) is 0.533. The van der Waals surface area contributed by atoms with Crippen LogP contribution in [0.4, 0.5) is 0 Å². The van der Waals surface area contributed by atoms with Crippen molar-refractivity contribution in [3.63, 3.8) is 0 Å². The maximum atomic E-state index is 12.1. The van der Waals surface area contributed by atoms with Gasteiger partial charge in [-0.1, -0.05) is 24.6 Å². The quantitative estimate of drug-likeness (QED) is 0.864. The van der Waals surface area contributed by atoms with Crippen LogP contribution >= 0.6 is 11.6 Å². The van der Waals surface area contributed by atoms with E-state index in [0.29, 0.717) is 18.9 Å². The lowest BCUT2D eigenvalue weighted by molar-refractivity contribution is -0.127. The Labute approximate surface area is 118 Å². The van der Waals surface area contributed by atoms with Gasteiger partial charge in [-0.05, 0) is 30.4 Å². The number of hydrogen-bond donors (Lipinski definition) is 1. The van der Waals surface area contributed by atoms with Crippen LogP contribution in [0, 0.1) is 5.92 Å². The number of para-hydroxylation sites is 1. The van der Waals surface area contributed by atoms with Crippen molar-refractivity contribution >= 4 is 17.5 Å². The van der Waals surface area contributed by atoms with Crippen molar-refractivity contribution in [1.82, 2.24) is 5.32 Å². The average Bonchev–Trinajstić information content (AvgIpc) is 3.01. The van der Waals surface area contributed by atoms with E-state index >= 15 is 0 Å². The molecular formula is C15H18ClNO2. The molecule has 0 radical (unpaired) electrons. The lowest BCUT2D eigenvalue weighted by atomic mass is 10.1. The zero-order valence-corrected chi connectivity index (χ0v) is 11.5. The van der Waals surface area contributed by atoms with Crippen molar-refractivity contribution in [2.75, 3.05) is 6.54 Å². The number of benzene rings is 1. The van der Waals surface area contributed by atoms with Gasteiger partial charge in [0.05, 0.1) is 0 Å². The summed E-state index contributed by atoms with van der Waals surface area (Å²) in [5.41, 5.74) is 1.11. The molecule has 1 aromatic rings. The summed E-state index contributed by atoms with van der Waals surface area (Å²) in [7, 11) is 0. The van der Waals surface area contributed by atoms with Gasteiger partial charge in [0.2, 0.25) is 0 Å². The van der Waals surface area contributed by atoms with E-state index in [4.69, 9.17) is 16.3 Å². The molecule has 0 saturated heterocycles. The Hall–Kier alpha value is -1.22. The number of halogens is 1. The second kappa shape index (κ2) is 5.41. The van der Waals surface area contributed by atoms with Crippen LogP contribution in [0.15, 0.2) is 24.3 Å². The van der Waals surface area contributed by atoms with E-state index in [1.165, 1.54) is 6.42 Å². The Bertz CT molecular complexity index is 452. The van der Waals surface area contributed by atoms with Crippen molar-refractivity contribution in [2.24, 2.45) is 5.92 Å². The first-order valence-corrected chi connectivity index (χ1v) is 7.34. The summed E-state index contributed by atoms with van der Waals surface area (Å²) in [4.78, 5) is 12.1. The molecular weight excluding hydrogens is 262 g/mol. The van der Waals surface area contributed by atoms with Crippen LogP contribution in [-0.2, 0) is 11.2 Å². The number of rotatable bonds is 3. The van der Waals surface area contributed by atoms with Gasteiger partial charge < -0.3 is 10.1 Å². The van der Waals surface area contributed by atoms with Gasteiger partial charge in [-0.15, -0.1) is 11.6 Å². The lowest BCUT2D eigenvalue weighted by Gasteiger charge is -2.16. The summed E-state index contributed by atoms with van der Waals surface area (Å²) in [5.74, 6) is 1.22. The Morgan fingerprint density at radius 1 is 1.37 bits per heavy atom. The molecule has 1 aromatic carbocycles. The maximum absolute atomic E-state index is 12.1. The summed E-state index contributed by atoms with van der Waals surface area (Å²) in [5, 5.41) is 3.19. The number of nitrogens with one attached hydrogen (secondary N) is 1. The molecule has 3 rings (SSSR count). The van der Waals surface area contributed by atoms with Gasteiger partial charge in [0.15, 0.2) is 6.10 Å². The number of amides is 1. The molecule has 3 nitrogen and oxygen atoms in total. The fourth-order valence-corrected chi connectivity index (χ4v) is 3.26. The fourth-order valence-electron chi connectivity index (χ4n) is 2.90. The van der Waals surface area contributed by atoms with E-state index in [1.807, 2.05) is 24.3 Å². The zero-order valence-electron chi connectivity index (χ0n) is 10.8. The summed E-state index contributed by atoms with van der Waals surface area (Å²) in [6.45, 7) is 0.670. The Balaban J connectivity index is 1.52. The van der Waals surface area contributed by atoms with E-state index in [2.05, 4.69) is 5.32 Å². The molecule has 2 aliphatic rings. The Morgan fingerprint density at radius 3 is 2.95 bits per heavy atom. The first-order chi connectivity index (χ1) is 9.24. The highest BCUT2D eigenvalue weighted by Gasteiger charge is 2.30. The summed E-state index contributed by atoms with van der Waals surface area (Å²) in [6.07, 6.45) is 3.62. The predicted molar refractivity (Wildman–Crippen MR) is 74.6 cm³/mol. The Kier molecular flexibility index (Phi) is 3.65. The average molecular weight is 280 g/mol. The molecule has 1 heterocycles. The minimum Gasteiger partial charge on any atom is -0.480 e. The topological polar surface area (TPSA) is 38.3 Å². The van der Waals surface area contributed by atoms with Crippen molar-refractivity contribution in [2.45, 2.75) is 37.2 Å². The molecule has 1 fully saturated rings. The molecule has 1 aliphatic carbocycles. The summed E-state index contributed by atoms with van der Waals surface area (Å²) < 4.78 is 5.67. The molecule has 0 bridgehead atoms. The molecule has 3 unspecified atom stereocenters. The van der Waals surface area contributed by atoms with Crippen molar-refractivity contribution in [1.29, 1.82) is 0 Å². The largest absolute Gasteiger partial charge is 0.480 e. The molecule has 1 amide bonds. The third-order valence-electron chi connectivity index (χ3n) is 4.04. The molecule has 1 N–H and O–H groups in total. The van der Waals surface area contributed by atoms with Crippen molar-refractivity contribution < 1.29 is 9.53 Å². The zero-order chi connectivity index (χ0) is 13.2. The molecule has 0 spiro atoms. The van der Waals surface area contributed by atoms with Gasteiger partial charge >= 0.3 is 0 Å². The van der Waals surface area contributed by atoms with Crippen LogP contribution in [0.3, 0.4) is 0 Å². The SMILES string of the molecule is O=C(NCC1CCCC1Cl)C1Cc2ccccc2O1. The molecule has 3 atom stereocenters. The van der Waals surface area contributed by atoms with Gasteiger partial charge in [0.1, 0.15) is 5.75 Å². The van der Waals surface area contributed by atoms with E-state index in [1.54, 1.807) is 0 Å². The first-order valence-electron chi connectivity index (χ1n) is 6.90. The minimum absolute atomic E-state index is 0.0213. The van der Waals surface area contributed by atoms with Crippen molar-refractivity contribution in [3.05, 3.63) is 29.8 Å². The molecule has 102 valence electrons. The summed E-state index contributed by atoms with van der Waals surface area (Å²) >= 11 is 6.21. The van der Waals surface area contributed by atoms with Crippen LogP contribution in [0.2, 0.25) is 0 Å². The number of ether oxygens (including phenoxy) is 1. The van der Waals surface area contributed by atoms with Gasteiger partial charge in [-0.25, -0.2) is 0 Å². The second-order valence-corrected chi connectivity index (χ2v) is 5.93. The number of hydrogen-bond acceptors (Lipinski definition) is 2. The van der Waals surface area contributed by atoms with Crippen LogP contribution in [-0.4, -0.2) is 23.9 Å². The van der Waals surface area contributed by atoms with E-state index in [-0.39, 0.29) is 17.4 Å². The lowest BCUT2D eigenvalue weighted by Crippen LogP contribution is -2.40. The number of carbonyl (C=O) groups excluding carboxylic acids is 1. The Morgan fingerprint density at radius 2 is 2.21 bits per heavy atom. The smallest absolute Gasteiger partial charge is 0.261 e. The van der Waals surface area contributed by atoms with Crippen LogP contribution in [0.25, 0.3) is 0 Å². The van der Waals surface area contributed by atoms with Crippen LogP contribution in [0.5, 0.6) is 5.75 Å². The second-order valence-electron chi connectivity index (χ2n) is 5.37. The standard InChI is InChI=1S/C15H18ClNO2/c16-12-6-3-5-11(12)9-17-15(18)14-8-10-4-1-2-7-13(10)19-14/h1-2,4,7,11-12,14H,3,5-6,8-9H2,(H,17,18). The van der Waals surface area contributed by atoms with Gasteiger partial charge in [-0.3, -0.25) is 4.79 Å². The third-order valence-corrected chi connectivity index (χ3v) is 4.62. The molecule has 4 heteroatoms. The maximum Gasteiger partial charge on any atom is 0.261 e. The minimum atomic E-state index is -0.382. The molecule has 0 aromatic heterocycles. The highest BCUT2D eigenvalue weighted by atomic mass is 35.5. The van der Waals surface area contributed by atoms with E-state index < -0.39 is 0 Å². The van der Waals surface area contributed by atoms with Gasteiger partial charge in [0, 0.05) is 18.3 Å². The van der Waals surface area contributed by atoms with Gasteiger partial charge in [-0.2, -0.15) is 0 Å². The number of alkyl halides is 1.